The lowest BCUT2D eigenvalue weighted by Gasteiger charge is -2.13. The van der Waals surface area contributed by atoms with Crippen LogP contribution in [0, 0.1) is 0 Å². The van der Waals surface area contributed by atoms with Crippen molar-refractivity contribution in [2.75, 3.05) is 13.7 Å². The molecule has 1 aliphatic heterocycles. The number of methoxy groups -OCH3 is 1. The second-order valence-corrected chi connectivity index (χ2v) is 4.01. The fourth-order valence-corrected chi connectivity index (χ4v) is 1.97. The van der Waals surface area contributed by atoms with Crippen LogP contribution < -0.4 is 15.2 Å². The molecule has 1 unspecified atom stereocenters. The van der Waals surface area contributed by atoms with Crippen LogP contribution in [0.15, 0.2) is 12.1 Å². The average molecular weight is 237 g/mol. The van der Waals surface area contributed by atoms with Gasteiger partial charge in [-0.15, -0.1) is 0 Å². The van der Waals surface area contributed by atoms with E-state index in [2.05, 4.69) is 0 Å². The lowest BCUT2D eigenvalue weighted by molar-refractivity contribution is -0.137. The van der Waals surface area contributed by atoms with Crippen molar-refractivity contribution in [2.45, 2.75) is 18.9 Å². The van der Waals surface area contributed by atoms with Gasteiger partial charge in [0.1, 0.15) is 0 Å². The predicted molar refractivity (Wildman–Crippen MR) is 61.4 cm³/mol. The normalized spacial score (nSPS) is 14.9. The summed E-state index contributed by atoms with van der Waals surface area (Å²) in [5.74, 6) is 0.461. The van der Waals surface area contributed by atoms with Gasteiger partial charge in [-0.1, -0.05) is 6.07 Å². The maximum atomic E-state index is 10.6. The van der Waals surface area contributed by atoms with Crippen molar-refractivity contribution in [2.24, 2.45) is 5.73 Å². The average Bonchev–Trinajstić information content (AvgIpc) is 2.74. The molecular formula is C12H15NO4. The molecule has 0 amide bonds. The Balaban J connectivity index is 2.33. The van der Waals surface area contributed by atoms with E-state index in [1.165, 1.54) is 0 Å². The summed E-state index contributed by atoms with van der Waals surface area (Å²) in [5, 5.41) is 8.73. The van der Waals surface area contributed by atoms with Crippen molar-refractivity contribution in [3.8, 4) is 11.5 Å². The summed E-state index contributed by atoms with van der Waals surface area (Å²) in [5.41, 5.74) is 7.64. The van der Waals surface area contributed by atoms with Crippen LogP contribution in [0.3, 0.4) is 0 Å². The lowest BCUT2D eigenvalue weighted by atomic mass is 10.0. The molecule has 5 heteroatoms. The third-order valence-electron chi connectivity index (χ3n) is 2.81. The molecule has 1 heterocycles. The van der Waals surface area contributed by atoms with Crippen molar-refractivity contribution in [1.29, 1.82) is 0 Å². The van der Waals surface area contributed by atoms with Crippen LogP contribution in [0.25, 0.3) is 0 Å². The van der Waals surface area contributed by atoms with E-state index in [0.29, 0.717) is 12.4 Å². The molecular weight excluding hydrogens is 222 g/mol. The summed E-state index contributed by atoms with van der Waals surface area (Å²) in [7, 11) is 1.56. The van der Waals surface area contributed by atoms with E-state index in [9.17, 15) is 4.79 Å². The van der Waals surface area contributed by atoms with E-state index in [4.69, 9.17) is 20.3 Å². The van der Waals surface area contributed by atoms with E-state index in [-0.39, 0.29) is 6.42 Å². The van der Waals surface area contributed by atoms with Gasteiger partial charge in [-0.05, 0) is 11.6 Å². The van der Waals surface area contributed by atoms with Crippen molar-refractivity contribution in [1.82, 2.24) is 0 Å². The van der Waals surface area contributed by atoms with Crippen LogP contribution in [-0.2, 0) is 11.2 Å². The van der Waals surface area contributed by atoms with E-state index < -0.39 is 12.0 Å². The fraction of sp³-hybridized carbons (Fsp3) is 0.417. The molecule has 0 spiro atoms. The second kappa shape index (κ2) is 4.63. The maximum Gasteiger partial charge on any atom is 0.305 e. The maximum absolute atomic E-state index is 10.6. The highest BCUT2D eigenvalue weighted by molar-refractivity contribution is 5.68. The fourth-order valence-electron chi connectivity index (χ4n) is 1.97. The van der Waals surface area contributed by atoms with E-state index in [1.54, 1.807) is 13.2 Å². The Labute approximate surface area is 99.1 Å². The van der Waals surface area contributed by atoms with Gasteiger partial charge in [0.05, 0.1) is 20.1 Å². The standard InChI is InChI=1S/C12H15NO4/c1-16-10-5-8(9(13)6-11(14)15)4-7-2-3-17-12(7)10/h4-5,9H,2-3,6,13H2,1H3,(H,14,15). The Bertz CT molecular complexity index is 444. The number of ether oxygens (including phenoxy) is 2. The summed E-state index contributed by atoms with van der Waals surface area (Å²) in [6.45, 7) is 0.628. The first-order valence-electron chi connectivity index (χ1n) is 5.42. The first kappa shape index (κ1) is 11.7. The molecule has 1 aromatic rings. The summed E-state index contributed by atoms with van der Waals surface area (Å²) in [6, 6.07) is 3.13. The minimum absolute atomic E-state index is 0.0944. The van der Waals surface area contributed by atoms with Crippen molar-refractivity contribution < 1.29 is 19.4 Å². The number of hydrogen-bond acceptors (Lipinski definition) is 4. The Morgan fingerprint density at radius 2 is 2.41 bits per heavy atom. The number of benzene rings is 1. The van der Waals surface area contributed by atoms with Gasteiger partial charge in [0.15, 0.2) is 11.5 Å². The van der Waals surface area contributed by atoms with E-state index in [1.807, 2.05) is 6.07 Å². The lowest BCUT2D eigenvalue weighted by Crippen LogP contribution is -2.15. The molecule has 5 nitrogen and oxygen atoms in total. The number of carbonyl (C=O) groups is 1. The highest BCUT2D eigenvalue weighted by atomic mass is 16.5. The molecule has 92 valence electrons. The predicted octanol–water partition coefficient (Wildman–Crippen LogP) is 1.10. The number of carboxylic acids is 1. The third-order valence-corrected chi connectivity index (χ3v) is 2.81. The minimum atomic E-state index is -0.909. The highest BCUT2D eigenvalue weighted by Gasteiger charge is 2.21. The molecule has 17 heavy (non-hydrogen) atoms. The second-order valence-electron chi connectivity index (χ2n) is 4.01. The summed E-state index contributed by atoms with van der Waals surface area (Å²) in [6.07, 6.45) is 0.710. The number of nitrogens with two attached hydrogens (primary N) is 1. The summed E-state index contributed by atoms with van der Waals surface area (Å²) in [4.78, 5) is 10.6. The number of fused-ring (bicyclic) bond motifs is 1. The Morgan fingerprint density at radius 1 is 1.65 bits per heavy atom. The Morgan fingerprint density at radius 3 is 3.06 bits per heavy atom. The molecule has 0 fully saturated rings. The Hall–Kier alpha value is -1.75. The molecule has 0 aromatic heterocycles. The molecule has 3 N–H and O–H groups in total. The van der Waals surface area contributed by atoms with E-state index in [0.717, 1.165) is 23.3 Å². The van der Waals surface area contributed by atoms with Crippen LogP contribution in [-0.4, -0.2) is 24.8 Å². The molecule has 1 atom stereocenters. The molecule has 2 rings (SSSR count). The minimum Gasteiger partial charge on any atom is -0.493 e. The first-order valence-corrected chi connectivity index (χ1v) is 5.42. The van der Waals surface area contributed by atoms with Crippen molar-refractivity contribution in [3.63, 3.8) is 0 Å². The number of aliphatic carboxylic acids is 1. The molecule has 1 aliphatic rings. The van der Waals surface area contributed by atoms with Crippen LogP contribution >= 0.6 is 0 Å². The summed E-state index contributed by atoms with van der Waals surface area (Å²) >= 11 is 0. The number of rotatable bonds is 4. The van der Waals surface area contributed by atoms with Gasteiger partial charge in [0.25, 0.3) is 0 Å². The molecule has 0 saturated heterocycles. The summed E-state index contributed by atoms with van der Waals surface area (Å²) < 4.78 is 10.7. The molecule has 0 saturated carbocycles. The van der Waals surface area contributed by atoms with Gasteiger partial charge in [0, 0.05) is 18.0 Å². The van der Waals surface area contributed by atoms with Crippen LogP contribution in [0.4, 0.5) is 0 Å². The van der Waals surface area contributed by atoms with Crippen molar-refractivity contribution in [3.05, 3.63) is 23.3 Å². The third kappa shape index (κ3) is 2.34. The van der Waals surface area contributed by atoms with Gasteiger partial charge in [-0.3, -0.25) is 4.79 Å². The van der Waals surface area contributed by atoms with Crippen LogP contribution in [0.1, 0.15) is 23.6 Å². The molecule has 1 aromatic carbocycles. The smallest absolute Gasteiger partial charge is 0.305 e. The Kier molecular flexibility index (Phi) is 3.19. The molecule has 0 aliphatic carbocycles. The monoisotopic (exact) mass is 237 g/mol. The largest absolute Gasteiger partial charge is 0.493 e. The van der Waals surface area contributed by atoms with E-state index >= 15 is 0 Å². The zero-order valence-electron chi connectivity index (χ0n) is 9.60. The quantitative estimate of drug-likeness (QED) is 0.819. The van der Waals surface area contributed by atoms with Gasteiger partial charge in [-0.25, -0.2) is 0 Å². The van der Waals surface area contributed by atoms with Gasteiger partial charge >= 0.3 is 5.97 Å². The van der Waals surface area contributed by atoms with Gasteiger partial charge < -0.3 is 20.3 Å². The topological polar surface area (TPSA) is 81.8 Å². The zero-order valence-corrected chi connectivity index (χ0v) is 9.60. The SMILES string of the molecule is COc1cc(C(N)CC(=O)O)cc2c1OCC2. The van der Waals surface area contributed by atoms with Gasteiger partial charge in [0.2, 0.25) is 0 Å². The first-order chi connectivity index (χ1) is 8.11. The highest BCUT2D eigenvalue weighted by Crippen LogP contribution is 2.38. The van der Waals surface area contributed by atoms with Crippen LogP contribution in [0.2, 0.25) is 0 Å². The molecule has 0 radical (unpaired) electrons. The van der Waals surface area contributed by atoms with Crippen LogP contribution in [0.5, 0.6) is 11.5 Å². The molecule has 0 bridgehead atoms. The van der Waals surface area contributed by atoms with Crippen molar-refractivity contribution >= 4 is 5.97 Å². The number of carboxylic acid groups (broad SMARTS) is 1. The zero-order chi connectivity index (χ0) is 12.4. The number of hydrogen-bond donors (Lipinski definition) is 2. The van der Waals surface area contributed by atoms with Gasteiger partial charge in [-0.2, -0.15) is 0 Å².